The van der Waals surface area contributed by atoms with Gasteiger partial charge in [0.05, 0.1) is 29.0 Å². The zero-order valence-corrected chi connectivity index (χ0v) is 17.1. The summed E-state index contributed by atoms with van der Waals surface area (Å²) in [4.78, 5) is 45.1. The van der Waals surface area contributed by atoms with Crippen molar-refractivity contribution < 1.29 is 24.6 Å². The van der Waals surface area contributed by atoms with Crippen molar-refractivity contribution in [2.75, 3.05) is 6.54 Å². The summed E-state index contributed by atoms with van der Waals surface area (Å²) in [6, 6.07) is -0.395. The fraction of sp³-hybridized carbons (Fsp3) is 0.474. The van der Waals surface area contributed by atoms with Gasteiger partial charge in [-0.3, -0.25) is 24.4 Å². The average Bonchev–Trinajstić information content (AvgIpc) is 3.38. The van der Waals surface area contributed by atoms with E-state index in [2.05, 4.69) is 25.6 Å². The van der Waals surface area contributed by atoms with Crippen molar-refractivity contribution in [2.24, 2.45) is 5.92 Å². The molecule has 0 aromatic carbocycles. The smallest absolute Gasteiger partial charge is 0.290 e. The Hall–Kier alpha value is -2.92. The van der Waals surface area contributed by atoms with E-state index in [1.165, 1.54) is 11.3 Å². The second kappa shape index (κ2) is 12.6. The number of carboxylic acid groups (broad SMARTS) is 1. The maximum Gasteiger partial charge on any atom is 0.290 e. The summed E-state index contributed by atoms with van der Waals surface area (Å²) < 4.78 is 0. The molecule has 11 heteroatoms. The van der Waals surface area contributed by atoms with Crippen LogP contribution in [-0.2, 0) is 27.2 Å². The van der Waals surface area contributed by atoms with Gasteiger partial charge in [0, 0.05) is 49.3 Å². The van der Waals surface area contributed by atoms with Crippen LogP contribution < -0.4 is 10.6 Å². The van der Waals surface area contributed by atoms with E-state index in [0.29, 0.717) is 32.2 Å². The van der Waals surface area contributed by atoms with Gasteiger partial charge in [0.15, 0.2) is 0 Å². The molecular weight excluding hydrogens is 410 g/mol. The second-order valence-corrected chi connectivity index (χ2v) is 7.45. The monoisotopic (exact) mass is 435 g/mol. The van der Waals surface area contributed by atoms with Gasteiger partial charge in [-0.2, -0.15) is 0 Å². The summed E-state index contributed by atoms with van der Waals surface area (Å²) in [6.07, 6.45) is 6.34. The van der Waals surface area contributed by atoms with E-state index >= 15 is 0 Å². The quantitative estimate of drug-likeness (QED) is 0.428. The molecule has 1 aliphatic rings. The van der Waals surface area contributed by atoms with Crippen molar-refractivity contribution >= 4 is 29.6 Å². The molecule has 0 radical (unpaired) electrons. The molecule has 30 heavy (non-hydrogen) atoms. The van der Waals surface area contributed by atoms with E-state index in [9.17, 15) is 14.7 Å². The van der Waals surface area contributed by atoms with Crippen LogP contribution in [0.4, 0.5) is 0 Å². The minimum atomic E-state index is -0.709. The lowest BCUT2D eigenvalue weighted by molar-refractivity contribution is -0.125. The Labute approximate surface area is 177 Å². The van der Waals surface area contributed by atoms with Gasteiger partial charge < -0.3 is 20.8 Å². The molecule has 3 atom stereocenters. The molecule has 0 bridgehead atoms. The van der Waals surface area contributed by atoms with Gasteiger partial charge in [0.1, 0.15) is 0 Å². The zero-order valence-electron chi connectivity index (χ0n) is 16.3. The topological polar surface area (TPSA) is 154 Å². The number of aryl methyl sites for hydroxylation is 1. The van der Waals surface area contributed by atoms with Crippen LogP contribution in [0.2, 0.25) is 0 Å². The van der Waals surface area contributed by atoms with E-state index in [1.54, 1.807) is 24.1 Å². The van der Waals surface area contributed by atoms with Gasteiger partial charge in [-0.15, -0.1) is 11.3 Å². The second-order valence-electron chi connectivity index (χ2n) is 6.73. The molecule has 1 saturated carbocycles. The molecule has 2 aromatic heterocycles. The van der Waals surface area contributed by atoms with Crippen LogP contribution in [0.3, 0.4) is 0 Å². The maximum absolute atomic E-state index is 12.3. The molecule has 0 aliphatic heterocycles. The lowest BCUT2D eigenvalue weighted by Crippen LogP contribution is -2.40. The normalized spacial score (nSPS) is 20.0. The Morgan fingerprint density at radius 3 is 2.67 bits per heavy atom. The van der Waals surface area contributed by atoms with Gasteiger partial charge in [0.25, 0.3) is 6.47 Å². The first-order valence-corrected chi connectivity index (χ1v) is 10.4. The third-order valence-electron chi connectivity index (χ3n) is 4.63. The van der Waals surface area contributed by atoms with Crippen molar-refractivity contribution in [3.8, 4) is 0 Å². The molecule has 0 saturated heterocycles. The first kappa shape index (κ1) is 23.4. The number of rotatable bonds is 8. The number of aromatic nitrogens is 3. The Kier molecular flexibility index (Phi) is 9.81. The summed E-state index contributed by atoms with van der Waals surface area (Å²) in [5.74, 6) is -0.532. The van der Waals surface area contributed by atoms with Crippen molar-refractivity contribution in [1.29, 1.82) is 0 Å². The number of carbonyl (C=O) groups is 3. The molecule has 162 valence electrons. The molecule has 10 nitrogen and oxygen atoms in total. The number of hydrogen-bond acceptors (Lipinski definition) is 8. The van der Waals surface area contributed by atoms with Crippen molar-refractivity contribution in [2.45, 2.75) is 44.2 Å². The van der Waals surface area contributed by atoms with E-state index in [4.69, 9.17) is 9.90 Å². The minimum absolute atomic E-state index is 0.0828. The summed E-state index contributed by atoms with van der Waals surface area (Å²) in [5.41, 5.74) is 3.47. The number of aliphatic hydroxyl groups is 1. The summed E-state index contributed by atoms with van der Waals surface area (Å²) >= 11 is 1.53. The molecule has 2 amide bonds. The van der Waals surface area contributed by atoms with Crippen LogP contribution in [0, 0.1) is 5.92 Å². The van der Waals surface area contributed by atoms with Gasteiger partial charge in [0.2, 0.25) is 11.8 Å². The third-order valence-corrected chi connectivity index (χ3v) is 5.27. The SMILES string of the molecule is O=C(CCc1cnccn1)N[C@H]1C[C@H](C(=O)NCCc2cscn2)C[C@@H]1O.O=CO. The number of nitrogens with zero attached hydrogens (tertiary/aromatic N) is 3. The minimum Gasteiger partial charge on any atom is -0.483 e. The molecule has 2 aromatic rings. The van der Waals surface area contributed by atoms with Crippen LogP contribution in [0.25, 0.3) is 0 Å². The third kappa shape index (κ3) is 7.84. The van der Waals surface area contributed by atoms with Gasteiger partial charge in [-0.25, -0.2) is 4.98 Å². The van der Waals surface area contributed by atoms with Crippen LogP contribution in [0.1, 0.15) is 30.7 Å². The first-order valence-electron chi connectivity index (χ1n) is 9.48. The molecule has 3 rings (SSSR count). The Bertz CT molecular complexity index is 790. The van der Waals surface area contributed by atoms with Crippen molar-refractivity contribution in [3.05, 3.63) is 40.9 Å². The Balaban J connectivity index is 0.00000101. The van der Waals surface area contributed by atoms with Crippen LogP contribution in [-0.4, -0.2) is 62.1 Å². The molecule has 0 unspecified atom stereocenters. The number of aliphatic hydroxyl groups excluding tert-OH is 1. The molecule has 2 heterocycles. The predicted octanol–water partition coefficient (Wildman–Crippen LogP) is 0.181. The van der Waals surface area contributed by atoms with E-state index < -0.39 is 12.1 Å². The summed E-state index contributed by atoms with van der Waals surface area (Å²) in [7, 11) is 0. The highest BCUT2D eigenvalue weighted by molar-refractivity contribution is 7.07. The lowest BCUT2D eigenvalue weighted by atomic mass is 10.1. The molecule has 0 spiro atoms. The zero-order chi connectivity index (χ0) is 21.8. The largest absolute Gasteiger partial charge is 0.483 e. The highest BCUT2D eigenvalue weighted by Crippen LogP contribution is 2.26. The van der Waals surface area contributed by atoms with Crippen LogP contribution in [0.15, 0.2) is 29.5 Å². The van der Waals surface area contributed by atoms with Crippen LogP contribution >= 0.6 is 11.3 Å². The average molecular weight is 436 g/mol. The Morgan fingerprint density at radius 1 is 1.20 bits per heavy atom. The highest BCUT2D eigenvalue weighted by Gasteiger charge is 2.37. The number of hydrogen-bond donors (Lipinski definition) is 4. The molecule has 4 N–H and O–H groups in total. The van der Waals surface area contributed by atoms with Crippen molar-refractivity contribution in [3.63, 3.8) is 0 Å². The molecule has 1 fully saturated rings. The fourth-order valence-corrected chi connectivity index (χ4v) is 3.78. The number of amides is 2. The molecular formula is C19H25N5O5S. The standard InChI is InChI=1S/C18H23N5O3S.CH2O2/c24-16-8-12(18(26)21-4-3-14-10-27-11-22-14)7-15(16)23-17(25)2-1-13-9-19-5-6-20-13;2-1-3/h5-6,9-12,15-16,24H,1-4,7-8H2,(H,21,26)(H,23,25);1H,(H,2,3)/t12-,15-,16-;/m0./s1. The van der Waals surface area contributed by atoms with Crippen molar-refractivity contribution in [1.82, 2.24) is 25.6 Å². The van der Waals surface area contributed by atoms with E-state index in [0.717, 1.165) is 11.4 Å². The number of thiazole rings is 1. The predicted molar refractivity (Wildman–Crippen MR) is 109 cm³/mol. The Morgan fingerprint density at radius 2 is 2.00 bits per heavy atom. The van der Waals surface area contributed by atoms with E-state index in [1.807, 2.05) is 5.38 Å². The maximum atomic E-state index is 12.3. The highest BCUT2D eigenvalue weighted by atomic mass is 32.1. The lowest BCUT2D eigenvalue weighted by Gasteiger charge is -2.16. The number of nitrogens with one attached hydrogen (secondary N) is 2. The van der Waals surface area contributed by atoms with Gasteiger partial charge in [-0.1, -0.05) is 0 Å². The van der Waals surface area contributed by atoms with Crippen LogP contribution in [0.5, 0.6) is 0 Å². The van der Waals surface area contributed by atoms with Gasteiger partial charge in [-0.05, 0) is 19.3 Å². The number of carbonyl (C=O) groups excluding carboxylic acids is 2. The fourth-order valence-electron chi connectivity index (χ4n) is 3.18. The van der Waals surface area contributed by atoms with Gasteiger partial charge >= 0.3 is 0 Å². The first-order chi connectivity index (χ1) is 14.5. The summed E-state index contributed by atoms with van der Waals surface area (Å²) in [5, 5.41) is 24.8. The molecule has 1 aliphatic carbocycles. The van der Waals surface area contributed by atoms with E-state index in [-0.39, 0.29) is 30.6 Å². The summed E-state index contributed by atoms with van der Waals surface area (Å²) in [6.45, 7) is 0.268.